The molecule has 2 unspecified atom stereocenters. The molecule has 2 aliphatic rings. The number of benzene rings is 1. The second kappa shape index (κ2) is 5.68. The van der Waals surface area contributed by atoms with Crippen LogP contribution >= 0.6 is 0 Å². The van der Waals surface area contributed by atoms with Gasteiger partial charge in [0, 0.05) is 18.5 Å². The second-order valence-corrected chi connectivity index (χ2v) is 6.69. The molecular weight excluding hydrogens is 262 g/mol. The normalized spacial score (nSPS) is 27.9. The second-order valence-electron chi connectivity index (χ2n) is 6.69. The van der Waals surface area contributed by atoms with Gasteiger partial charge in [0.1, 0.15) is 0 Å². The van der Waals surface area contributed by atoms with Crippen LogP contribution in [0.2, 0.25) is 0 Å². The van der Waals surface area contributed by atoms with Crippen molar-refractivity contribution in [1.82, 2.24) is 4.90 Å². The molecule has 0 radical (unpaired) electrons. The number of rotatable bonds is 4. The molecule has 2 atom stereocenters. The molecule has 1 aliphatic heterocycles. The van der Waals surface area contributed by atoms with Crippen molar-refractivity contribution in [2.75, 3.05) is 13.1 Å². The summed E-state index contributed by atoms with van der Waals surface area (Å²) in [6, 6.07) is 10.6. The Morgan fingerprint density at radius 2 is 2.05 bits per heavy atom. The van der Waals surface area contributed by atoms with Gasteiger partial charge in [0.15, 0.2) is 5.96 Å². The zero-order valence-corrected chi connectivity index (χ0v) is 13.0. The van der Waals surface area contributed by atoms with Crippen LogP contribution < -0.4 is 5.73 Å². The molecule has 1 heterocycles. The Balaban J connectivity index is 1.53. The molecule has 3 rings (SSSR count). The zero-order chi connectivity index (χ0) is 14.9. The van der Waals surface area contributed by atoms with Gasteiger partial charge in [-0.05, 0) is 18.4 Å². The first-order chi connectivity index (χ1) is 10.1. The quantitative estimate of drug-likeness (QED) is 0.683. The zero-order valence-electron chi connectivity index (χ0n) is 13.0. The molecule has 21 heavy (non-hydrogen) atoms. The maximum atomic E-state index is 6.07. The van der Waals surface area contributed by atoms with Crippen LogP contribution in [0.3, 0.4) is 0 Å². The summed E-state index contributed by atoms with van der Waals surface area (Å²) in [6.07, 6.45) is 2.46. The van der Waals surface area contributed by atoms with Crippen molar-refractivity contribution in [3.63, 3.8) is 0 Å². The summed E-state index contributed by atoms with van der Waals surface area (Å²) in [6.45, 7) is 7.23. The van der Waals surface area contributed by atoms with Crippen LogP contribution in [-0.4, -0.2) is 36.1 Å². The van der Waals surface area contributed by atoms with Crippen LogP contribution in [0.5, 0.6) is 0 Å². The van der Waals surface area contributed by atoms with E-state index in [1.807, 2.05) is 18.2 Å². The van der Waals surface area contributed by atoms with E-state index in [4.69, 9.17) is 15.5 Å². The van der Waals surface area contributed by atoms with E-state index in [0.717, 1.165) is 19.5 Å². The topological polar surface area (TPSA) is 50.8 Å². The number of guanidine groups is 1. The number of aliphatic imine (C=N–C) groups is 1. The van der Waals surface area contributed by atoms with Gasteiger partial charge in [0.25, 0.3) is 0 Å². The van der Waals surface area contributed by atoms with Crippen molar-refractivity contribution < 1.29 is 4.74 Å². The fraction of sp³-hybridized carbons (Fsp3) is 0.588. The van der Waals surface area contributed by atoms with Crippen LogP contribution in [0.25, 0.3) is 0 Å². The van der Waals surface area contributed by atoms with E-state index in [1.54, 1.807) is 0 Å². The third-order valence-electron chi connectivity index (χ3n) is 4.89. The number of nitrogens with zero attached hydrogens (tertiary/aromatic N) is 2. The van der Waals surface area contributed by atoms with E-state index in [-0.39, 0.29) is 17.6 Å². The monoisotopic (exact) mass is 287 g/mol. The molecule has 0 bridgehead atoms. The molecule has 1 aromatic carbocycles. The SMILES string of the molecule is CC1(C)C(N=C(N)N2CCC2)CC1OCc1ccccc1. The van der Waals surface area contributed by atoms with Crippen molar-refractivity contribution in [2.24, 2.45) is 16.1 Å². The Hall–Kier alpha value is -1.55. The highest BCUT2D eigenvalue weighted by molar-refractivity contribution is 5.79. The van der Waals surface area contributed by atoms with Gasteiger partial charge >= 0.3 is 0 Å². The molecule has 1 aromatic rings. The first-order valence-electron chi connectivity index (χ1n) is 7.81. The first-order valence-corrected chi connectivity index (χ1v) is 7.81. The van der Waals surface area contributed by atoms with Gasteiger partial charge in [-0.2, -0.15) is 0 Å². The molecule has 0 aromatic heterocycles. The molecule has 0 amide bonds. The summed E-state index contributed by atoms with van der Waals surface area (Å²) < 4.78 is 6.07. The van der Waals surface area contributed by atoms with E-state index < -0.39 is 0 Å². The number of ether oxygens (including phenoxy) is 1. The Morgan fingerprint density at radius 1 is 1.33 bits per heavy atom. The molecule has 114 valence electrons. The van der Waals surface area contributed by atoms with E-state index in [9.17, 15) is 0 Å². The van der Waals surface area contributed by atoms with Crippen LogP contribution in [0.4, 0.5) is 0 Å². The predicted octanol–water partition coefficient (Wildman–Crippen LogP) is 2.39. The highest BCUT2D eigenvalue weighted by Gasteiger charge is 2.49. The largest absolute Gasteiger partial charge is 0.373 e. The minimum absolute atomic E-state index is 0.0598. The van der Waals surface area contributed by atoms with Crippen molar-refractivity contribution in [2.45, 2.75) is 45.4 Å². The summed E-state index contributed by atoms with van der Waals surface area (Å²) in [7, 11) is 0. The molecule has 4 heteroatoms. The van der Waals surface area contributed by atoms with Gasteiger partial charge < -0.3 is 15.4 Å². The lowest BCUT2D eigenvalue weighted by Gasteiger charge is -2.50. The van der Waals surface area contributed by atoms with Crippen LogP contribution in [0.1, 0.15) is 32.3 Å². The highest BCUT2D eigenvalue weighted by atomic mass is 16.5. The molecule has 2 N–H and O–H groups in total. The maximum absolute atomic E-state index is 6.07. The predicted molar refractivity (Wildman–Crippen MR) is 85.0 cm³/mol. The minimum Gasteiger partial charge on any atom is -0.373 e. The third kappa shape index (κ3) is 2.91. The maximum Gasteiger partial charge on any atom is 0.191 e. The van der Waals surface area contributed by atoms with Gasteiger partial charge in [-0.1, -0.05) is 44.2 Å². The molecule has 2 fully saturated rings. The molecule has 1 saturated carbocycles. The number of hydrogen-bond donors (Lipinski definition) is 1. The Labute approximate surface area is 127 Å². The summed E-state index contributed by atoms with van der Waals surface area (Å²) in [5, 5.41) is 0. The van der Waals surface area contributed by atoms with Gasteiger partial charge in [-0.3, -0.25) is 0 Å². The lowest BCUT2D eigenvalue weighted by Crippen LogP contribution is -2.55. The van der Waals surface area contributed by atoms with Crippen molar-refractivity contribution in [3.8, 4) is 0 Å². The van der Waals surface area contributed by atoms with Crippen molar-refractivity contribution >= 4 is 5.96 Å². The minimum atomic E-state index is 0.0598. The third-order valence-corrected chi connectivity index (χ3v) is 4.89. The van der Waals surface area contributed by atoms with Gasteiger partial charge in [-0.25, -0.2) is 4.99 Å². The molecule has 4 nitrogen and oxygen atoms in total. The van der Waals surface area contributed by atoms with Gasteiger partial charge in [-0.15, -0.1) is 0 Å². The summed E-state index contributed by atoms with van der Waals surface area (Å²) in [5.41, 5.74) is 7.34. The smallest absolute Gasteiger partial charge is 0.191 e. The summed E-state index contributed by atoms with van der Waals surface area (Å²) in [4.78, 5) is 6.85. The van der Waals surface area contributed by atoms with E-state index >= 15 is 0 Å². The van der Waals surface area contributed by atoms with Gasteiger partial charge in [0.2, 0.25) is 0 Å². The summed E-state index contributed by atoms with van der Waals surface area (Å²) >= 11 is 0. The standard InChI is InChI=1S/C17H25N3O/c1-17(2)14(19-16(18)20-9-6-10-20)11-15(17)21-12-13-7-4-3-5-8-13/h3-5,7-8,14-15H,6,9-12H2,1-2H3,(H2,18,19). The fourth-order valence-electron chi connectivity index (χ4n) is 2.92. The van der Waals surface area contributed by atoms with E-state index in [1.165, 1.54) is 12.0 Å². The van der Waals surface area contributed by atoms with E-state index in [2.05, 4.69) is 30.9 Å². The van der Waals surface area contributed by atoms with E-state index in [0.29, 0.717) is 12.6 Å². The van der Waals surface area contributed by atoms with Crippen molar-refractivity contribution in [1.29, 1.82) is 0 Å². The Morgan fingerprint density at radius 3 is 2.62 bits per heavy atom. The lowest BCUT2D eigenvalue weighted by atomic mass is 9.65. The van der Waals surface area contributed by atoms with Crippen molar-refractivity contribution in [3.05, 3.63) is 35.9 Å². The van der Waals surface area contributed by atoms with Crippen LogP contribution in [0.15, 0.2) is 35.3 Å². The number of nitrogens with two attached hydrogens (primary N) is 1. The Kier molecular flexibility index (Phi) is 3.89. The fourth-order valence-corrected chi connectivity index (χ4v) is 2.92. The van der Waals surface area contributed by atoms with Crippen LogP contribution in [-0.2, 0) is 11.3 Å². The molecular formula is C17H25N3O. The average Bonchev–Trinajstić information content (AvgIpc) is 2.41. The molecule has 0 spiro atoms. The first kappa shape index (κ1) is 14.4. The highest BCUT2D eigenvalue weighted by Crippen LogP contribution is 2.45. The lowest BCUT2D eigenvalue weighted by molar-refractivity contribution is -0.114. The average molecular weight is 287 g/mol. The Bertz CT molecular complexity index is 508. The van der Waals surface area contributed by atoms with Gasteiger partial charge in [0.05, 0.1) is 18.8 Å². The number of likely N-dealkylation sites (tertiary alicyclic amines) is 1. The van der Waals surface area contributed by atoms with Crippen LogP contribution in [0, 0.1) is 5.41 Å². The molecule has 1 saturated heterocycles. The molecule has 1 aliphatic carbocycles. The number of hydrogen-bond acceptors (Lipinski definition) is 2. The summed E-state index contributed by atoms with van der Waals surface area (Å²) in [5.74, 6) is 0.709.